The van der Waals surface area contributed by atoms with E-state index < -0.39 is 30.7 Å². The molecule has 21 heavy (non-hydrogen) atoms. The molecule has 0 heterocycles. The molecule has 0 spiro atoms. The highest BCUT2D eigenvalue weighted by atomic mass is 16.4. The van der Waals surface area contributed by atoms with Gasteiger partial charge >= 0.3 is 13.1 Å². The summed E-state index contributed by atoms with van der Waals surface area (Å²) in [5.74, 6) is -3.32. The van der Waals surface area contributed by atoms with Crippen molar-refractivity contribution in [1.29, 1.82) is 0 Å². The molecule has 1 amide bonds. The van der Waals surface area contributed by atoms with E-state index in [9.17, 15) is 24.7 Å². The average molecular weight is 296 g/mol. The van der Waals surface area contributed by atoms with Gasteiger partial charge in [-0.2, -0.15) is 0 Å². The van der Waals surface area contributed by atoms with Crippen molar-refractivity contribution < 1.29 is 29.9 Å². The van der Waals surface area contributed by atoms with Gasteiger partial charge in [0.1, 0.15) is 11.3 Å². The minimum absolute atomic E-state index is 0.0182. The molecule has 1 aromatic carbocycles. The first-order valence-corrected chi connectivity index (χ1v) is 6.26. The summed E-state index contributed by atoms with van der Waals surface area (Å²) < 4.78 is 0. The minimum atomic E-state index is -1.86. The Morgan fingerprint density at radius 1 is 1.33 bits per heavy atom. The van der Waals surface area contributed by atoms with Gasteiger partial charge in [0, 0.05) is 13.0 Å². The van der Waals surface area contributed by atoms with Crippen molar-refractivity contribution in [2.24, 2.45) is 5.73 Å². The second-order valence-corrected chi connectivity index (χ2v) is 4.45. The Hall–Kier alpha value is -2.10. The second kappa shape index (κ2) is 7.62. The number of carbonyl (C=O) groups excluding carboxylic acids is 1. The molecule has 9 heteroatoms. The number of hydrogen-bond acceptors (Lipinski definition) is 6. The van der Waals surface area contributed by atoms with Crippen LogP contribution in [0.1, 0.15) is 22.3 Å². The predicted molar refractivity (Wildman–Crippen MR) is 74.6 cm³/mol. The Bertz CT molecular complexity index is 522. The fourth-order valence-corrected chi connectivity index (χ4v) is 1.81. The van der Waals surface area contributed by atoms with E-state index in [2.05, 4.69) is 5.32 Å². The summed E-state index contributed by atoms with van der Waals surface area (Å²) in [7, 11) is -1.86. The minimum Gasteiger partial charge on any atom is -0.507 e. The lowest BCUT2D eigenvalue weighted by molar-refractivity contribution is -0.121. The van der Waals surface area contributed by atoms with E-state index in [-0.39, 0.29) is 30.5 Å². The van der Waals surface area contributed by atoms with Crippen LogP contribution in [0.15, 0.2) is 18.2 Å². The number of benzene rings is 1. The van der Waals surface area contributed by atoms with Crippen LogP contribution < -0.4 is 11.1 Å². The first-order valence-electron chi connectivity index (χ1n) is 6.26. The summed E-state index contributed by atoms with van der Waals surface area (Å²) in [5, 5.41) is 39.7. The molecule has 0 aliphatic carbocycles. The van der Waals surface area contributed by atoms with Crippen LogP contribution in [0.2, 0.25) is 0 Å². The standard InChI is InChI=1S/C12H17BN2O6/c14-5-4-10(16)15-9(13(20)21)6-7-2-1-3-8(11(7)17)12(18)19/h1-3,9,17,20-21H,4-6,14H2,(H,15,16)(H,18,19). The second-order valence-electron chi connectivity index (χ2n) is 4.45. The summed E-state index contributed by atoms with van der Waals surface area (Å²) >= 11 is 0. The molecule has 8 nitrogen and oxygen atoms in total. The van der Waals surface area contributed by atoms with Crippen LogP contribution in [-0.4, -0.2) is 51.7 Å². The Labute approximate surface area is 121 Å². The molecule has 1 unspecified atom stereocenters. The molecule has 114 valence electrons. The Morgan fingerprint density at radius 2 is 2.00 bits per heavy atom. The van der Waals surface area contributed by atoms with Crippen LogP contribution >= 0.6 is 0 Å². The van der Waals surface area contributed by atoms with Crippen LogP contribution in [0.25, 0.3) is 0 Å². The number of hydrogen-bond donors (Lipinski definition) is 6. The van der Waals surface area contributed by atoms with Gasteiger partial charge in [0.15, 0.2) is 0 Å². The number of aromatic carboxylic acids is 1. The van der Waals surface area contributed by atoms with Gasteiger partial charge in [-0.15, -0.1) is 0 Å². The third-order valence-corrected chi connectivity index (χ3v) is 2.87. The van der Waals surface area contributed by atoms with E-state index in [1.165, 1.54) is 18.2 Å². The lowest BCUT2D eigenvalue weighted by atomic mass is 9.75. The van der Waals surface area contributed by atoms with Crippen LogP contribution in [0, 0.1) is 0 Å². The Kier molecular flexibility index (Phi) is 6.16. The van der Waals surface area contributed by atoms with Crippen LogP contribution in [0.4, 0.5) is 0 Å². The van der Waals surface area contributed by atoms with Gasteiger partial charge in [-0.3, -0.25) is 4.79 Å². The maximum Gasteiger partial charge on any atom is 0.475 e. The van der Waals surface area contributed by atoms with Crippen molar-refractivity contribution in [3.05, 3.63) is 29.3 Å². The van der Waals surface area contributed by atoms with E-state index in [0.717, 1.165) is 0 Å². The molecule has 1 rings (SSSR count). The summed E-state index contributed by atoms with van der Waals surface area (Å²) in [6.45, 7) is 0.111. The van der Waals surface area contributed by atoms with Crippen molar-refractivity contribution in [2.45, 2.75) is 18.8 Å². The molecule has 0 aromatic heterocycles. The van der Waals surface area contributed by atoms with Crippen molar-refractivity contribution in [3.63, 3.8) is 0 Å². The first-order chi connectivity index (χ1) is 9.86. The molecular formula is C12H17BN2O6. The van der Waals surface area contributed by atoms with Gasteiger partial charge in [-0.05, 0) is 18.1 Å². The van der Waals surface area contributed by atoms with Gasteiger partial charge in [0.25, 0.3) is 0 Å². The van der Waals surface area contributed by atoms with Crippen LogP contribution in [0.5, 0.6) is 5.75 Å². The highest BCUT2D eigenvalue weighted by molar-refractivity contribution is 6.43. The molecule has 7 N–H and O–H groups in total. The van der Waals surface area contributed by atoms with Gasteiger partial charge in [0.2, 0.25) is 5.91 Å². The fraction of sp³-hybridized carbons (Fsp3) is 0.333. The maximum atomic E-state index is 11.4. The van der Waals surface area contributed by atoms with Gasteiger partial charge in [0.05, 0.1) is 5.94 Å². The zero-order chi connectivity index (χ0) is 16.0. The molecule has 0 fully saturated rings. The third-order valence-electron chi connectivity index (χ3n) is 2.87. The van der Waals surface area contributed by atoms with Gasteiger partial charge < -0.3 is 31.3 Å². The Morgan fingerprint density at radius 3 is 2.52 bits per heavy atom. The lowest BCUT2D eigenvalue weighted by Gasteiger charge is -2.18. The summed E-state index contributed by atoms with van der Waals surface area (Å²) in [5.41, 5.74) is 5.10. The molecule has 1 atom stereocenters. The largest absolute Gasteiger partial charge is 0.507 e. The molecule has 0 aliphatic heterocycles. The summed E-state index contributed by atoms with van der Waals surface area (Å²) in [6.07, 6.45) is -0.120. The van der Waals surface area contributed by atoms with Gasteiger partial charge in [-0.1, -0.05) is 12.1 Å². The van der Waals surface area contributed by atoms with Crippen LogP contribution in [0.3, 0.4) is 0 Å². The number of nitrogens with two attached hydrogens (primary N) is 1. The molecule has 0 saturated carbocycles. The van der Waals surface area contributed by atoms with Crippen LogP contribution in [-0.2, 0) is 11.2 Å². The lowest BCUT2D eigenvalue weighted by Crippen LogP contribution is -2.48. The zero-order valence-electron chi connectivity index (χ0n) is 11.2. The number of nitrogens with one attached hydrogen (secondary N) is 1. The van der Waals surface area contributed by atoms with Crippen molar-refractivity contribution >= 4 is 19.0 Å². The molecule has 0 saturated heterocycles. The number of carbonyl (C=O) groups is 2. The first kappa shape index (κ1) is 17.0. The van der Waals surface area contributed by atoms with Crippen molar-refractivity contribution in [2.75, 3.05) is 6.54 Å². The number of rotatable bonds is 7. The predicted octanol–water partition coefficient (Wildman–Crippen LogP) is -1.52. The summed E-state index contributed by atoms with van der Waals surface area (Å²) in [4.78, 5) is 22.4. The van der Waals surface area contributed by atoms with E-state index in [1.54, 1.807) is 0 Å². The number of carboxylic acid groups (broad SMARTS) is 1. The zero-order valence-corrected chi connectivity index (χ0v) is 11.2. The quantitative estimate of drug-likeness (QED) is 0.334. The van der Waals surface area contributed by atoms with Gasteiger partial charge in [-0.25, -0.2) is 4.79 Å². The molecule has 1 aromatic rings. The van der Waals surface area contributed by atoms with E-state index in [0.29, 0.717) is 0 Å². The number of phenols is 1. The van der Waals surface area contributed by atoms with Crippen molar-refractivity contribution in [3.8, 4) is 5.75 Å². The number of carboxylic acids is 1. The summed E-state index contributed by atoms with van der Waals surface area (Å²) in [6, 6.07) is 4.08. The SMILES string of the molecule is NCCC(=O)NC(Cc1cccc(C(=O)O)c1O)B(O)O. The third kappa shape index (κ3) is 4.74. The fourth-order valence-electron chi connectivity index (χ4n) is 1.81. The normalized spacial score (nSPS) is 11.8. The van der Waals surface area contributed by atoms with E-state index >= 15 is 0 Å². The average Bonchev–Trinajstić information content (AvgIpc) is 2.39. The molecular weight excluding hydrogens is 279 g/mol. The highest BCUT2D eigenvalue weighted by Crippen LogP contribution is 2.23. The molecule has 0 radical (unpaired) electrons. The smallest absolute Gasteiger partial charge is 0.475 e. The highest BCUT2D eigenvalue weighted by Gasteiger charge is 2.27. The maximum absolute atomic E-state index is 11.4. The molecule has 0 bridgehead atoms. The Balaban J connectivity index is 2.92. The van der Waals surface area contributed by atoms with E-state index in [4.69, 9.17) is 10.8 Å². The molecule has 0 aliphatic rings. The van der Waals surface area contributed by atoms with E-state index in [1.807, 2.05) is 0 Å². The number of aromatic hydroxyl groups is 1. The topological polar surface area (TPSA) is 153 Å². The number of amides is 1. The number of para-hydroxylation sites is 1. The van der Waals surface area contributed by atoms with Crippen molar-refractivity contribution in [1.82, 2.24) is 5.32 Å². The monoisotopic (exact) mass is 296 g/mol.